The van der Waals surface area contributed by atoms with Crippen LogP contribution in [0, 0.1) is 0 Å². The summed E-state index contributed by atoms with van der Waals surface area (Å²) >= 11 is 0. The lowest BCUT2D eigenvalue weighted by atomic mass is 10.0. The molecule has 1 fully saturated rings. The lowest BCUT2D eigenvalue weighted by Crippen LogP contribution is -2.44. The van der Waals surface area contributed by atoms with Gasteiger partial charge in [0.1, 0.15) is 13.2 Å². The molecule has 1 aromatic rings. The van der Waals surface area contributed by atoms with E-state index in [4.69, 9.17) is 14.2 Å². The Morgan fingerprint density at radius 3 is 2.96 bits per heavy atom. The molecule has 0 saturated carbocycles. The van der Waals surface area contributed by atoms with Gasteiger partial charge in [0.05, 0.1) is 18.7 Å². The molecule has 1 aromatic carbocycles. The van der Waals surface area contributed by atoms with Gasteiger partial charge in [-0.05, 0) is 37.5 Å². The summed E-state index contributed by atoms with van der Waals surface area (Å²) in [5.74, 6) is 1.55. The molecule has 2 atom stereocenters. The van der Waals surface area contributed by atoms with Crippen molar-refractivity contribution < 1.29 is 19.0 Å². The predicted molar refractivity (Wildman–Crippen MR) is 86.0 cm³/mol. The Hall–Kier alpha value is -1.95. The van der Waals surface area contributed by atoms with Crippen LogP contribution < -0.4 is 14.8 Å². The fourth-order valence-electron chi connectivity index (χ4n) is 3.21. The number of hydrogen-bond acceptors (Lipinski definition) is 4. The molecule has 6 nitrogen and oxygen atoms in total. The largest absolute Gasteiger partial charge is 0.486 e. The number of methoxy groups -OCH3 is 1. The maximum absolute atomic E-state index is 12.5. The molecule has 1 saturated heterocycles. The van der Waals surface area contributed by atoms with Gasteiger partial charge in [-0.25, -0.2) is 4.79 Å². The Balaban J connectivity index is 1.72. The molecule has 3 rings (SSSR count). The lowest BCUT2D eigenvalue weighted by molar-refractivity contribution is 0.156. The standard InChI is InChI=1S/C17H24N2O4/c1-12(11-21-2)18-17(20)19-7-3-4-14(19)13-5-6-15-16(10-13)23-9-8-22-15/h5-6,10,12,14H,3-4,7-9,11H2,1-2H3,(H,18,20)/t12-,14-/m1/s1. The van der Waals surface area contributed by atoms with Gasteiger partial charge in [-0.15, -0.1) is 0 Å². The molecule has 23 heavy (non-hydrogen) atoms. The third kappa shape index (κ3) is 3.52. The summed E-state index contributed by atoms with van der Waals surface area (Å²) in [7, 11) is 1.64. The number of carbonyl (C=O) groups excluding carboxylic acids is 1. The molecule has 1 N–H and O–H groups in total. The molecule has 0 radical (unpaired) electrons. The minimum Gasteiger partial charge on any atom is -0.486 e. The van der Waals surface area contributed by atoms with Gasteiger partial charge in [-0.3, -0.25) is 0 Å². The molecule has 0 unspecified atom stereocenters. The first-order valence-corrected chi connectivity index (χ1v) is 8.14. The average Bonchev–Trinajstić information content (AvgIpc) is 3.04. The number of fused-ring (bicyclic) bond motifs is 1. The van der Waals surface area contributed by atoms with Gasteiger partial charge < -0.3 is 24.4 Å². The summed E-state index contributed by atoms with van der Waals surface area (Å²) in [6, 6.07) is 6.01. The highest BCUT2D eigenvalue weighted by Gasteiger charge is 2.31. The second kappa shape index (κ2) is 7.08. The van der Waals surface area contributed by atoms with Crippen molar-refractivity contribution in [2.75, 3.05) is 33.5 Å². The molecular formula is C17H24N2O4. The molecule has 126 valence electrons. The number of nitrogens with one attached hydrogen (secondary N) is 1. The van der Waals surface area contributed by atoms with Crippen LogP contribution in [0.4, 0.5) is 4.79 Å². The minimum atomic E-state index is -0.0352. The lowest BCUT2D eigenvalue weighted by Gasteiger charge is -2.28. The van der Waals surface area contributed by atoms with E-state index in [-0.39, 0.29) is 18.1 Å². The van der Waals surface area contributed by atoms with Crippen molar-refractivity contribution in [1.82, 2.24) is 10.2 Å². The maximum Gasteiger partial charge on any atom is 0.318 e. The number of ether oxygens (including phenoxy) is 3. The van der Waals surface area contributed by atoms with Crippen molar-refractivity contribution in [3.8, 4) is 11.5 Å². The number of urea groups is 1. The van der Waals surface area contributed by atoms with E-state index in [2.05, 4.69) is 5.32 Å². The van der Waals surface area contributed by atoms with E-state index in [1.54, 1.807) is 7.11 Å². The molecule has 6 heteroatoms. The van der Waals surface area contributed by atoms with Crippen LogP contribution in [0.5, 0.6) is 11.5 Å². The molecule has 0 aliphatic carbocycles. The van der Waals surface area contributed by atoms with Crippen molar-refractivity contribution in [3.63, 3.8) is 0 Å². The number of likely N-dealkylation sites (tertiary alicyclic amines) is 1. The van der Waals surface area contributed by atoms with E-state index in [1.807, 2.05) is 30.0 Å². The highest BCUT2D eigenvalue weighted by Crippen LogP contribution is 2.38. The van der Waals surface area contributed by atoms with Gasteiger partial charge in [0, 0.05) is 13.7 Å². The SMILES string of the molecule is COC[C@@H](C)NC(=O)N1CCC[C@@H]1c1ccc2c(c1)OCCO2. The molecule has 2 amide bonds. The monoisotopic (exact) mass is 320 g/mol. The molecular weight excluding hydrogens is 296 g/mol. The Kier molecular flexibility index (Phi) is 4.91. The van der Waals surface area contributed by atoms with Gasteiger partial charge in [0.2, 0.25) is 0 Å². The highest BCUT2D eigenvalue weighted by molar-refractivity contribution is 5.75. The average molecular weight is 320 g/mol. The van der Waals surface area contributed by atoms with Crippen LogP contribution in [-0.4, -0.2) is 50.4 Å². The van der Waals surface area contributed by atoms with Crippen LogP contribution in [0.25, 0.3) is 0 Å². The summed E-state index contributed by atoms with van der Waals surface area (Å²) in [5, 5.41) is 2.99. The van der Waals surface area contributed by atoms with E-state index in [0.717, 1.165) is 36.4 Å². The van der Waals surface area contributed by atoms with Gasteiger partial charge in [0.25, 0.3) is 0 Å². The summed E-state index contributed by atoms with van der Waals surface area (Å²) in [4.78, 5) is 14.4. The first kappa shape index (κ1) is 15.9. The van der Waals surface area contributed by atoms with E-state index < -0.39 is 0 Å². The van der Waals surface area contributed by atoms with E-state index >= 15 is 0 Å². The zero-order valence-electron chi connectivity index (χ0n) is 13.7. The number of benzene rings is 1. The molecule has 0 aromatic heterocycles. The number of carbonyl (C=O) groups is 1. The predicted octanol–water partition coefficient (Wildman–Crippen LogP) is 2.34. The summed E-state index contributed by atoms with van der Waals surface area (Å²) < 4.78 is 16.3. The molecule has 2 aliphatic rings. The molecule has 2 aliphatic heterocycles. The van der Waals surface area contributed by atoms with Crippen LogP contribution in [-0.2, 0) is 4.74 Å². The van der Waals surface area contributed by atoms with Crippen LogP contribution in [0.2, 0.25) is 0 Å². The molecule has 2 heterocycles. The Morgan fingerprint density at radius 2 is 2.17 bits per heavy atom. The Morgan fingerprint density at radius 1 is 1.39 bits per heavy atom. The fourth-order valence-corrected chi connectivity index (χ4v) is 3.21. The van der Waals surface area contributed by atoms with Gasteiger partial charge in [0.15, 0.2) is 11.5 Å². The molecule has 0 bridgehead atoms. The normalized spacial score (nSPS) is 21.1. The quantitative estimate of drug-likeness (QED) is 0.925. The second-order valence-electron chi connectivity index (χ2n) is 6.06. The highest BCUT2D eigenvalue weighted by atomic mass is 16.6. The summed E-state index contributed by atoms with van der Waals surface area (Å²) in [6.07, 6.45) is 1.97. The van der Waals surface area contributed by atoms with Gasteiger partial charge in [-0.1, -0.05) is 6.07 Å². The zero-order valence-corrected chi connectivity index (χ0v) is 13.7. The number of hydrogen-bond donors (Lipinski definition) is 1. The topological polar surface area (TPSA) is 60.0 Å². The first-order valence-electron chi connectivity index (χ1n) is 8.14. The second-order valence-corrected chi connectivity index (χ2v) is 6.06. The van der Waals surface area contributed by atoms with Gasteiger partial charge >= 0.3 is 6.03 Å². The fraction of sp³-hybridized carbons (Fsp3) is 0.588. The minimum absolute atomic E-state index is 0.00554. The van der Waals surface area contributed by atoms with Crippen LogP contribution >= 0.6 is 0 Å². The first-order chi connectivity index (χ1) is 11.2. The van der Waals surface area contributed by atoms with Crippen molar-refractivity contribution in [3.05, 3.63) is 23.8 Å². The zero-order chi connectivity index (χ0) is 16.2. The summed E-state index contributed by atoms with van der Waals surface area (Å²) in [6.45, 7) is 4.37. The number of nitrogens with zero attached hydrogens (tertiary/aromatic N) is 1. The van der Waals surface area contributed by atoms with Crippen molar-refractivity contribution in [2.24, 2.45) is 0 Å². The van der Waals surface area contributed by atoms with E-state index in [1.165, 1.54) is 0 Å². The summed E-state index contributed by atoms with van der Waals surface area (Å²) in [5.41, 5.74) is 1.10. The third-order valence-corrected chi connectivity index (χ3v) is 4.25. The number of amides is 2. The van der Waals surface area contributed by atoms with Crippen LogP contribution in [0.3, 0.4) is 0 Å². The maximum atomic E-state index is 12.5. The van der Waals surface area contributed by atoms with E-state index in [9.17, 15) is 4.79 Å². The smallest absolute Gasteiger partial charge is 0.318 e. The van der Waals surface area contributed by atoms with Crippen LogP contribution in [0.15, 0.2) is 18.2 Å². The van der Waals surface area contributed by atoms with E-state index in [0.29, 0.717) is 19.8 Å². The van der Waals surface area contributed by atoms with Gasteiger partial charge in [-0.2, -0.15) is 0 Å². The number of rotatable bonds is 4. The van der Waals surface area contributed by atoms with Crippen LogP contribution in [0.1, 0.15) is 31.4 Å². The molecule has 0 spiro atoms. The Bertz CT molecular complexity index is 564. The Labute approximate surface area is 136 Å². The van der Waals surface area contributed by atoms with Crippen molar-refractivity contribution >= 4 is 6.03 Å². The van der Waals surface area contributed by atoms with Crippen molar-refractivity contribution in [1.29, 1.82) is 0 Å². The third-order valence-electron chi connectivity index (χ3n) is 4.25. The van der Waals surface area contributed by atoms with Crippen molar-refractivity contribution in [2.45, 2.75) is 31.8 Å².